The van der Waals surface area contributed by atoms with Crippen LogP contribution in [0.1, 0.15) is 23.9 Å². The smallest absolute Gasteiger partial charge is 0.233 e. The Balaban J connectivity index is 1.39. The van der Waals surface area contributed by atoms with E-state index in [1.54, 1.807) is 0 Å². The highest BCUT2D eigenvalue weighted by molar-refractivity contribution is 7.99. The van der Waals surface area contributed by atoms with Gasteiger partial charge in [-0.3, -0.25) is 4.79 Å². The molecular formula is C23H26N4O3S. The molecule has 0 bridgehead atoms. The zero-order valence-corrected chi connectivity index (χ0v) is 18.6. The molecule has 0 fully saturated rings. The Labute approximate surface area is 186 Å². The molecule has 0 unspecified atom stereocenters. The van der Waals surface area contributed by atoms with Gasteiger partial charge in [0.05, 0.1) is 12.3 Å². The number of benzene rings is 2. The first kappa shape index (κ1) is 21.2. The van der Waals surface area contributed by atoms with Gasteiger partial charge < -0.3 is 18.9 Å². The van der Waals surface area contributed by atoms with E-state index in [0.29, 0.717) is 38.6 Å². The molecule has 0 saturated heterocycles. The molecule has 162 valence electrons. The third-order valence-corrected chi connectivity index (χ3v) is 6.08. The summed E-state index contributed by atoms with van der Waals surface area (Å²) in [5, 5.41) is 9.24. The molecule has 7 nitrogen and oxygen atoms in total. The van der Waals surface area contributed by atoms with Crippen molar-refractivity contribution in [1.82, 2.24) is 19.7 Å². The first-order chi connectivity index (χ1) is 15.1. The summed E-state index contributed by atoms with van der Waals surface area (Å²) in [5.74, 6) is 2.71. The Kier molecular flexibility index (Phi) is 6.76. The molecule has 1 aliphatic rings. The second-order valence-electron chi connectivity index (χ2n) is 7.28. The minimum atomic E-state index is 0.0642. The van der Waals surface area contributed by atoms with Crippen LogP contribution in [-0.2, 0) is 17.9 Å². The van der Waals surface area contributed by atoms with E-state index in [1.165, 1.54) is 17.3 Å². The Bertz CT molecular complexity index is 1040. The van der Waals surface area contributed by atoms with Gasteiger partial charge in [-0.25, -0.2) is 0 Å². The lowest BCUT2D eigenvalue weighted by Crippen LogP contribution is -2.32. The van der Waals surface area contributed by atoms with E-state index >= 15 is 0 Å². The van der Waals surface area contributed by atoms with Gasteiger partial charge in [-0.15, -0.1) is 10.2 Å². The molecule has 8 heteroatoms. The second kappa shape index (κ2) is 9.87. The number of amides is 1. The summed E-state index contributed by atoms with van der Waals surface area (Å²) >= 11 is 1.43. The fourth-order valence-electron chi connectivity index (χ4n) is 3.42. The number of carbonyl (C=O) groups is 1. The number of rotatable bonds is 8. The van der Waals surface area contributed by atoms with Crippen molar-refractivity contribution >= 4 is 17.7 Å². The van der Waals surface area contributed by atoms with Crippen LogP contribution < -0.4 is 9.47 Å². The number of aryl methyl sites for hydroxylation is 1. The average Bonchev–Trinajstić information content (AvgIpc) is 3.15. The van der Waals surface area contributed by atoms with Crippen LogP contribution in [0.15, 0.2) is 53.7 Å². The highest BCUT2D eigenvalue weighted by Crippen LogP contribution is 2.31. The highest BCUT2D eigenvalue weighted by Gasteiger charge is 2.18. The summed E-state index contributed by atoms with van der Waals surface area (Å²) in [6.45, 7) is 6.88. The third kappa shape index (κ3) is 5.19. The summed E-state index contributed by atoms with van der Waals surface area (Å²) in [5.41, 5.74) is 2.19. The number of hydrogen-bond acceptors (Lipinski definition) is 6. The number of ether oxygens (including phenoxy) is 2. The fraction of sp³-hybridized carbons (Fsp3) is 0.348. The van der Waals surface area contributed by atoms with Gasteiger partial charge in [0.15, 0.2) is 16.7 Å². The van der Waals surface area contributed by atoms with Crippen molar-refractivity contribution in [1.29, 1.82) is 0 Å². The maximum atomic E-state index is 12.9. The largest absolute Gasteiger partial charge is 0.486 e. The summed E-state index contributed by atoms with van der Waals surface area (Å²) in [6.07, 6.45) is 0. The van der Waals surface area contributed by atoms with Crippen LogP contribution in [0.5, 0.6) is 11.5 Å². The van der Waals surface area contributed by atoms with Crippen LogP contribution in [0, 0.1) is 6.92 Å². The summed E-state index contributed by atoms with van der Waals surface area (Å²) < 4.78 is 13.3. The molecule has 1 aromatic heterocycles. The van der Waals surface area contributed by atoms with Crippen LogP contribution in [0.3, 0.4) is 0 Å². The van der Waals surface area contributed by atoms with Crippen molar-refractivity contribution in [3.63, 3.8) is 0 Å². The van der Waals surface area contributed by atoms with Crippen molar-refractivity contribution in [2.75, 3.05) is 25.5 Å². The summed E-state index contributed by atoms with van der Waals surface area (Å²) in [4.78, 5) is 14.7. The molecule has 4 rings (SSSR count). The number of thioether (sulfide) groups is 1. The van der Waals surface area contributed by atoms with Crippen molar-refractivity contribution in [3.8, 4) is 11.5 Å². The fourth-order valence-corrected chi connectivity index (χ4v) is 4.30. The Hall–Kier alpha value is -3.00. The van der Waals surface area contributed by atoms with Gasteiger partial charge in [0, 0.05) is 13.1 Å². The van der Waals surface area contributed by atoms with Crippen LogP contribution in [-0.4, -0.2) is 51.1 Å². The van der Waals surface area contributed by atoms with Gasteiger partial charge in [0.1, 0.15) is 19.0 Å². The van der Waals surface area contributed by atoms with E-state index < -0.39 is 0 Å². The number of nitrogens with zero attached hydrogens (tertiary/aromatic N) is 4. The van der Waals surface area contributed by atoms with Gasteiger partial charge >= 0.3 is 0 Å². The summed E-state index contributed by atoms with van der Waals surface area (Å²) in [6, 6.07) is 16.0. The molecule has 0 saturated carbocycles. The van der Waals surface area contributed by atoms with Gasteiger partial charge in [0.2, 0.25) is 5.91 Å². The topological polar surface area (TPSA) is 69.5 Å². The normalized spacial score (nSPS) is 12.6. The Morgan fingerprint density at radius 1 is 1.06 bits per heavy atom. The van der Waals surface area contributed by atoms with Gasteiger partial charge in [0.25, 0.3) is 0 Å². The first-order valence-corrected chi connectivity index (χ1v) is 11.4. The van der Waals surface area contributed by atoms with Crippen LogP contribution in [0.2, 0.25) is 0 Å². The molecule has 0 aliphatic carbocycles. The van der Waals surface area contributed by atoms with E-state index in [2.05, 4.69) is 22.3 Å². The monoisotopic (exact) mass is 438 g/mol. The molecule has 2 heterocycles. The minimum Gasteiger partial charge on any atom is -0.486 e. The van der Waals surface area contributed by atoms with Gasteiger partial charge in [-0.05, 0) is 37.1 Å². The van der Waals surface area contributed by atoms with Crippen LogP contribution in [0.25, 0.3) is 0 Å². The standard InChI is InChI=1S/C23H26N4O3S/c1-3-26(14-19-9-10-20-21(13-19)30-12-11-29-20)22(28)16-31-23-25-24-17(2)27(23)15-18-7-5-4-6-8-18/h4-10,13H,3,11-12,14-16H2,1-2H3. The number of carbonyl (C=O) groups excluding carboxylic acids is 1. The predicted octanol–water partition coefficient (Wildman–Crippen LogP) is 3.55. The maximum absolute atomic E-state index is 12.9. The lowest BCUT2D eigenvalue weighted by Gasteiger charge is -2.23. The molecule has 31 heavy (non-hydrogen) atoms. The van der Waals surface area contributed by atoms with Crippen LogP contribution in [0.4, 0.5) is 0 Å². The molecule has 3 aromatic rings. The van der Waals surface area contributed by atoms with Crippen molar-refractivity contribution in [2.45, 2.75) is 32.1 Å². The highest BCUT2D eigenvalue weighted by atomic mass is 32.2. The number of hydrogen-bond donors (Lipinski definition) is 0. The minimum absolute atomic E-state index is 0.0642. The number of aromatic nitrogens is 3. The Morgan fingerprint density at radius 2 is 1.84 bits per heavy atom. The van der Waals surface area contributed by atoms with Crippen molar-refractivity contribution in [3.05, 3.63) is 65.5 Å². The van der Waals surface area contributed by atoms with E-state index in [-0.39, 0.29) is 5.91 Å². The first-order valence-electron chi connectivity index (χ1n) is 10.4. The molecular weight excluding hydrogens is 412 g/mol. The van der Waals surface area contributed by atoms with Crippen molar-refractivity contribution in [2.24, 2.45) is 0 Å². The van der Waals surface area contributed by atoms with Crippen molar-refractivity contribution < 1.29 is 14.3 Å². The Morgan fingerprint density at radius 3 is 2.61 bits per heavy atom. The molecule has 0 spiro atoms. The predicted molar refractivity (Wildman–Crippen MR) is 120 cm³/mol. The van der Waals surface area contributed by atoms with E-state index in [9.17, 15) is 4.79 Å². The zero-order valence-electron chi connectivity index (χ0n) is 17.8. The molecule has 0 N–H and O–H groups in total. The number of fused-ring (bicyclic) bond motifs is 1. The lowest BCUT2D eigenvalue weighted by atomic mass is 10.2. The maximum Gasteiger partial charge on any atom is 0.233 e. The molecule has 2 aromatic carbocycles. The molecule has 0 radical (unpaired) electrons. The molecule has 1 amide bonds. The van der Waals surface area contributed by atoms with Gasteiger partial charge in [-0.1, -0.05) is 48.2 Å². The van der Waals surface area contributed by atoms with Crippen LogP contribution >= 0.6 is 11.8 Å². The zero-order chi connectivity index (χ0) is 21.6. The average molecular weight is 439 g/mol. The van der Waals surface area contributed by atoms with Gasteiger partial charge in [-0.2, -0.15) is 0 Å². The lowest BCUT2D eigenvalue weighted by molar-refractivity contribution is -0.128. The van der Waals surface area contributed by atoms with E-state index in [1.807, 2.05) is 59.7 Å². The molecule has 1 aliphatic heterocycles. The SMILES string of the molecule is CCN(Cc1ccc2c(c1)OCCO2)C(=O)CSc1nnc(C)n1Cc1ccccc1. The second-order valence-corrected chi connectivity index (χ2v) is 8.22. The quantitative estimate of drug-likeness (QED) is 0.501. The van der Waals surface area contributed by atoms with E-state index in [4.69, 9.17) is 9.47 Å². The third-order valence-electron chi connectivity index (χ3n) is 5.12. The summed E-state index contributed by atoms with van der Waals surface area (Å²) in [7, 11) is 0. The molecule has 0 atom stereocenters. The van der Waals surface area contributed by atoms with E-state index in [0.717, 1.165) is 28.0 Å².